The van der Waals surface area contributed by atoms with Gasteiger partial charge in [0, 0.05) is 23.9 Å². The molecule has 2 nitrogen and oxygen atoms in total. The standard InChI is InChI=1S/C12H15NO/c1-9-6-11(8-13-7-9)12(14)10-4-2-3-5-10/h6-8,10H,2-5H2,1H3. The molecule has 1 fully saturated rings. The summed E-state index contributed by atoms with van der Waals surface area (Å²) in [5.41, 5.74) is 1.85. The number of nitrogens with zero attached hydrogens (tertiary/aromatic N) is 1. The number of hydrogen-bond donors (Lipinski definition) is 0. The molecular formula is C12H15NO. The van der Waals surface area contributed by atoms with Crippen LogP contribution < -0.4 is 0 Å². The lowest BCUT2D eigenvalue weighted by Gasteiger charge is -2.07. The molecule has 74 valence electrons. The van der Waals surface area contributed by atoms with Crippen LogP contribution in [0.25, 0.3) is 0 Å². The number of Topliss-reactive ketones (excluding diaryl/α,β-unsaturated/α-hetero) is 1. The average Bonchev–Trinajstić information content (AvgIpc) is 2.69. The van der Waals surface area contributed by atoms with E-state index in [-0.39, 0.29) is 5.92 Å². The molecule has 1 aliphatic rings. The highest BCUT2D eigenvalue weighted by molar-refractivity contribution is 5.97. The second kappa shape index (κ2) is 3.91. The predicted octanol–water partition coefficient (Wildman–Crippen LogP) is 2.76. The van der Waals surface area contributed by atoms with Crippen LogP contribution in [0.2, 0.25) is 0 Å². The summed E-state index contributed by atoms with van der Waals surface area (Å²) in [5.74, 6) is 0.553. The number of rotatable bonds is 2. The summed E-state index contributed by atoms with van der Waals surface area (Å²) < 4.78 is 0. The Balaban J connectivity index is 2.17. The van der Waals surface area contributed by atoms with Crippen molar-refractivity contribution in [1.82, 2.24) is 4.98 Å². The maximum Gasteiger partial charge on any atom is 0.167 e. The van der Waals surface area contributed by atoms with Gasteiger partial charge in [-0.3, -0.25) is 9.78 Å². The summed E-state index contributed by atoms with van der Waals surface area (Å²) in [6, 6.07) is 1.94. The molecule has 0 aromatic carbocycles. The van der Waals surface area contributed by atoms with Crippen LogP contribution in [-0.2, 0) is 0 Å². The van der Waals surface area contributed by atoms with E-state index in [0.29, 0.717) is 5.78 Å². The van der Waals surface area contributed by atoms with Crippen LogP contribution in [0, 0.1) is 12.8 Å². The molecule has 1 heterocycles. The fraction of sp³-hybridized carbons (Fsp3) is 0.500. The molecule has 0 saturated heterocycles. The summed E-state index contributed by atoms with van der Waals surface area (Å²) in [7, 11) is 0. The zero-order chi connectivity index (χ0) is 9.97. The molecule has 0 unspecified atom stereocenters. The third-order valence-corrected chi connectivity index (χ3v) is 2.89. The molecule has 2 rings (SSSR count). The van der Waals surface area contributed by atoms with E-state index in [1.54, 1.807) is 12.4 Å². The van der Waals surface area contributed by atoms with Gasteiger partial charge in [-0.15, -0.1) is 0 Å². The number of aromatic nitrogens is 1. The minimum absolute atomic E-state index is 0.263. The summed E-state index contributed by atoms with van der Waals surface area (Å²) in [4.78, 5) is 16.0. The Kier molecular flexibility index (Phi) is 2.62. The molecule has 14 heavy (non-hydrogen) atoms. The van der Waals surface area contributed by atoms with Crippen LogP contribution in [0.1, 0.15) is 41.6 Å². The smallest absolute Gasteiger partial charge is 0.167 e. The van der Waals surface area contributed by atoms with Crippen LogP contribution in [0.15, 0.2) is 18.5 Å². The largest absolute Gasteiger partial charge is 0.294 e. The average molecular weight is 189 g/mol. The molecule has 1 aliphatic carbocycles. The maximum absolute atomic E-state index is 12.0. The topological polar surface area (TPSA) is 30.0 Å². The number of carbonyl (C=O) groups excluding carboxylic acids is 1. The molecule has 0 spiro atoms. The van der Waals surface area contributed by atoms with E-state index in [1.165, 1.54) is 12.8 Å². The summed E-state index contributed by atoms with van der Waals surface area (Å²) in [6.45, 7) is 1.97. The van der Waals surface area contributed by atoms with Crippen LogP contribution in [0.3, 0.4) is 0 Å². The molecule has 0 amide bonds. The molecule has 2 heteroatoms. The van der Waals surface area contributed by atoms with Gasteiger partial charge in [0.05, 0.1) is 0 Å². The van der Waals surface area contributed by atoms with Crippen molar-refractivity contribution >= 4 is 5.78 Å². The Hall–Kier alpha value is -1.18. The first-order valence-electron chi connectivity index (χ1n) is 5.23. The Bertz CT molecular complexity index is 340. The molecular weight excluding hydrogens is 174 g/mol. The van der Waals surface area contributed by atoms with E-state index in [0.717, 1.165) is 24.0 Å². The first kappa shape index (κ1) is 9.38. The van der Waals surface area contributed by atoms with Crippen LogP contribution in [-0.4, -0.2) is 10.8 Å². The van der Waals surface area contributed by atoms with Gasteiger partial charge in [0.15, 0.2) is 5.78 Å². The molecule has 1 saturated carbocycles. The fourth-order valence-electron chi connectivity index (χ4n) is 2.11. The lowest BCUT2D eigenvalue weighted by molar-refractivity contribution is 0.0922. The Labute approximate surface area is 84.4 Å². The highest BCUT2D eigenvalue weighted by Crippen LogP contribution is 2.27. The number of ketones is 1. The SMILES string of the molecule is Cc1cncc(C(=O)C2CCCC2)c1. The second-order valence-electron chi connectivity index (χ2n) is 4.10. The normalized spacial score (nSPS) is 17.2. The van der Waals surface area contributed by atoms with Crippen LogP contribution in [0.5, 0.6) is 0 Å². The molecule has 0 aliphatic heterocycles. The highest BCUT2D eigenvalue weighted by Gasteiger charge is 2.23. The van der Waals surface area contributed by atoms with Gasteiger partial charge in [-0.05, 0) is 31.4 Å². The lowest BCUT2D eigenvalue weighted by atomic mass is 9.97. The first-order chi connectivity index (χ1) is 6.77. The first-order valence-corrected chi connectivity index (χ1v) is 5.23. The minimum Gasteiger partial charge on any atom is -0.294 e. The molecule has 0 N–H and O–H groups in total. The van der Waals surface area contributed by atoms with Gasteiger partial charge in [-0.1, -0.05) is 12.8 Å². The van der Waals surface area contributed by atoms with Crippen molar-refractivity contribution in [2.24, 2.45) is 5.92 Å². The van der Waals surface area contributed by atoms with Gasteiger partial charge >= 0.3 is 0 Å². The lowest BCUT2D eigenvalue weighted by Crippen LogP contribution is -2.11. The second-order valence-corrected chi connectivity index (χ2v) is 4.10. The van der Waals surface area contributed by atoms with Crippen molar-refractivity contribution < 1.29 is 4.79 Å². The molecule has 0 radical (unpaired) electrons. The van der Waals surface area contributed by atoms with E-state index in [2.05, 4.69) is 4.98 Å². The van der Waals surface area contributed by atoms with Crippen molar-refractivity contribution in [3.63, 3.8) is 0 Å². The Morgan fingerprint density at radius 3 is 2.71 bits per heavy atom. The zero-order valence-corrected chi connectivity index (χ0v) is 8.49. The minimum atomic E-state index is 0.263. The van der Waals surface area contributed by atoms with E-state index in [1.807, 2.05) is 13.0 Å². The van der Waals surface area contributed by atoms with Gasteiger partial charge in [0.2, 0.25) is 0 Å². The van der Waals surface area contributed by atoms with Crippen LogP contribution in [0.4, 0.5) is 0 Å². The number of carbonyl (C=O) groups is 1. The van der Waals surface area contributed by atoms with Crippen LogP contribution >= 0.6 is 0 Å². The van der Waals surface area contributed by atoms with Gasteiger partial charge in [0.25, 0.3) is 0 Å². The van der Waals surface area contributed by atoms with Crippen molar-refractivity contribution in [1.29, 1.82) is 0 Å². The summed E-state index contributed by atoms with van der Waals surface area (Å²) >= 11 is 0. The molecule has 1 aromatic rings. The van der Waals surface area contributed by atoms with Crippen molar-refractivity contribution in [2.75, 3.05) is 0 Å². The Morgan fingerprint density at radius 2 is 2.07 bits per heavy atom. The number of aryl methyl sites for hydroxylation is 1. The van der Waals surface area contributed by atoms with Gasteiger partial charge in [-0.25, -0.2) is 0 Å². The van der Waals surface area contributed by atoms with Crippen molar-refractivity contribution in [3.8, 4) is 0 Å². The van der Waals surface area contributed by atoms with E-state index < -0.39 is 0 Å². The molecule has 0 bridgehead atoms. The van der Waals surface area contributed by atoms with E-state index in [9.17, 15) is 4.79 Å². The number of hydrogen-bond acceptors (Lipinski definition) is 2. The summed E-state index contributed by atoms with van der Waals surface area (Å²) in [5, 5.41) is 0. The third kappa shape index (κ3) is 1.84. The van der Waals surface area contributed by atoms with E-state index in [4.69, 9.17) is 0 Å². The maximum atomic E-state index is 12.0. The van der Waals surface area contributed by atoms with Gasteiger partial charge in [0.1, 0.15) is 0 Å². The molecule has 1 aromatic heterocycles. The third-order valence-electron chi connectivity index (χ3n) is 2.89. The Morgan fingerprint density at radius 1 is 1.36 bits per heavy atom. The summed E-state index contributed by atoms with van der Waals surface area (Å²) in [6.07, 6.45) is 8.00. The van der Waals surface area contributed by atoms with Gasteiger partial charge < -0.3 is 0 Å². The zero-order valence-electron chi connectivity index (χ0n) is 8.49. The molecule has 0 atom stereocenters. The highest BCUT2D eigenvalue weighted by atomic mass is 16.1. The van der Waals surface area contributed by atoms with Gasteiger partial charge in [-0.2, -0.15) is 0 Å². The van der Waals surface area contributed by atoms with Crippen molar-refractivity contribution in [3.05, 3.63) is 29.6 Å². The quantitative estimate of drug-likeness (QED) is 0.669. The predicted molar refractivity (Wildman–Crippen MR) is 55.3 cm³/mol. The van der Waals surface area contributed by atoms with Crippen molar-refractivity contribution in [2.45, 2.75) is 32.6 Å². The fourth-order valence-corrected chi connectivity index (χ4v) is 2.11. The monoisotopic (exact) mass is 189 g/mol. The number of pyridine rings is 1. The van der Waals surface area contributed by atoms with E-state index >= 15 is 0 Å².